The number of rotatable bonds is 6. The number of amides is 1. The second kappa shape index (κ2) is 8.96. The van der Waals surface area contributed by atoms with Crippen molar-refractivity contribution in [1.29, 1.82) is 0 Å². The van der Waals surface area contributed by atoms with Crippen molar-refractivity contribution in [2.24, 2.45) is 11.1 Å². The largest absolute Gasteiger partial charge is 0.489 e. The lowest BCUT2D eigenvalue weighted by Gasteiger charge is -2.27. The molecule has 0 aromatic heterocycles. The Balaban J connectivity index is 0.00000441. The van der Waals surface area contributed by atoms with E-state index in [2.05, 4.69) is 5.32 Å². The SMILES string of the molecule is CCC(CNC(=O)[C@@H](N)C(C)(C)C)Oc1cccc(F)c1.Cl. The first-order chi connectivity index (χ1) is 9.74. The van der Waals surface area contributed by atoms with E-state index < -0.39 is 6.04 Å². The van der Waals surface area contributed by atoms with Crippen molar-refractivity contribution in [3.63, 3.8) is 0 Å². The van der Waals surface area contributed by atoms with E-state index in [1.54, 1.807) is 12.1 Å². The minimum Gasteiger partial charge on any atom is -0.489 e. The summed E-state index contributed by atoms with van der Waals surface area (Å²) >= 11 is 0. The van der Waals surface area contributed by atoms with Gasteiger partial charge >= 0.3 is 0 Å². The molecule has 3 N–H and O–H groups in total. The van der Waals surface area contributed by atoms with Gasteiger partial charge in [0.15, 0.2) is 0 Å². The van der Waals surface area contributed by atoms with E-state index in [4.69, 9.17) is 10.5 Å². The highest BCUT2D eigenvalue weighted by molar-refractivity contribution is 5.85. The smallest absolute Gasteiger partial charge is 0.237 e. The molecule has 126 valence electrons. The summed E-state index contributed by atoms with van der Waals surface area (Å²) in [6.45, 7) is 8.03. The van der Waals surface area contributed by atoms with Crippen LogP contribution < -0.4 is 15.8 Å². The van der Waals surface area contributed by atoms with Gasteiger partial charge in [0.1, 0.15) is 17.7 Å². The van der Waals surface area contributed by atoms with Crippen LogP contribution >= 0.6 is 12.4 Å². The molecule has 22 heavy (non-hydrogen) atoms. The number of hydrogen-bond donors (Lipinski definition) is 2. The number of carbonyl (C=O) groups is 1. The number of ether oxygens (including phenoxy) is 1. The third-order valence-corrected chi connectivity index (χ3v) is 3.27. The molecule has 6 heteroatoms. The van der Waals surface area contributed by atoms with Crippen molar-refractivity contribution in [2.75, 3.05) is 6.54 Å². The summed E-state index contributed by atoms with van der Waals surface area (Å²) in [5, 5.41) is 2.79. The second-order valence-electron chi connectivity index (χ2n) is 6.19. The van der Waals surface area contributed by atoms with Crippen LogP contribution in [0.1, 0.15) is 34.1 Å². The predicted molar refractivity (Wildman–Crippen MR) is 88.8 cm³/mol. The fraction of sp³-hybridized carbons (Fsp3) is 0.562. The quantitative estimate of drug-likeness (QED) is 0.842. The van der Waals surface area contributed by atoms with Crippen molar-refractivity contribution in [1.82, 2.24) is 5.32 Å². The Bertz CT molecular complexity index is 477. The van der Waals surface area contributed by atoms with Gasteiger partial charge in [0, 0.05) is 6.07 Å². The standard InChI is InChI=1S/C16H25FN2O2.ClH/c1-5-12(21-13-8-6-7-11(17)9-13)10-19-15(20)14(18)16(2,3)4;/h6-9,12,14H,5,10,18H2,1-4H3,(H,19,20);1H/t12?,14-;/m1./s1. The van der Waals surface area contributed by atoms with Gasteiger partial charge in [-0.2, -0.15) is 0 Å². The Labute approximate surface area is 138 Å². The van der Waals surface area contributed by atoms with Gasteiger partial charge in [-0.25, -0.2) is 4.39 Å². The first kappa shape index (κ1) is 20.7. The molecule has 0 aliphatic carbocycles. The van der Waals surface area contributed by atoms with Gasteiger partial charge in [-0.1, -0.05) is 33.8 Å². The molecule has 4 nitrogen and oxygen atoms in total. The first-order valence-corrected chi connectivity index (χ1v) is 7.19. The molecule has 0 spiro atoms. The summed E-state index contributed by atoms with van der Waals surface area (Å²) in [5.41, 5.74) is 5.60. The van der Waals surface area contributed by atoms with Gasteiger partial charge in [-0.3, -0.25) is 4.79 Å². The highest BCUT2D eigenvalue weighted by Gasteiger charge is 2.27. The van der Waals surface area contributed by atoms with E-state index in [9.17, 15) is 9.18 Å². The van der Waals surface area contributed by atoms with Gasteiger partial charge in [0.05, 0.1) is 12.6 Å². The Hall–Kier alpha value is -1.33. The van der Waals surface area contributed by atoms with E-state index in [1.807, 2.05) is 27.7 Å². The van der Waals surface area contributed by atoms with Crippen LogP contribution in [-0.4, -0.2) is 24.6 Å². The average Bonchev–Trinajstić information content (AvgIpc) is 2.41. The van der Waals surface area contributed by atoms with Gasteiger partial charge in [-0.05, 0) is 24.0 Å². The van der Waals surface area contributed by atoms with Gasteiger partial charge in [-0.15, -0.1) is 12.4 Å². The highest BCUT2D eigenvalue weighted by atomic mass is 35.5. The Morgan fingerprint density at radius 1 is 1.41 bits per heavy atom. The molecule has 0 aliphatic rings. The molecular formula is C16H26ClFN2O2. The molecule has 1 aromatic rings. The molecule has 1 rings (SSSR count). The molecule has 0 saturated carbocycles. The van der Waals surface area contributed by atoms with E-state index in [1.165, 1.54) is 12.1 Å². The summed E-state index contributed by atoms with van der Waals surface area (Å²) in [4.78, 5) is 12.0. The average molecular weight is 333 g/mol. The molecule has 0 bridgehead atoms. The van der Waals surface area contributed by atoms with E-state index in [-0.39, 0.29) is 35.7 Å². The summed E-state index contributed by atoms with van der Waals surface area (Å²) in [6, 6.07) is 5.38. The number of halogens is 2. The maximum Gasteiger partial charge on any atom is 0.237 e. The van der Waals surface area contributed by atoms with Crippen LogP contribution in [0.3, 0.4) is 0 Å². The van der Waals surface area contributed by atoms with E-state index in [0.29, 0.717) is 18.7 Å². The third-order valence-electron chi connectivity index (χ3n) is 3.27. The van der Waals surface area contributed by atoms with Gasteiger partial charge in [0.2, 0.25) is 5.91 Å². The highest BCUT2D eigenvalue weighted by Crippen LogP contribution is 2.18. The molecule has 0 radical (unpaired) electrons. The van der Waals surface area contributed by atoms with Crippen LogP contribution in [0.4, 0.5) is 4.39 Å². The molecule has 1 aromatic carbocycles. The topological polar surface area (TPSA) is 64.4 Å². The second-order valence-corrected chi connectivity index (χ2v) is 6.19. The number of benzene rings is 1. The van der Waals surface area contributed by atoms with Gasteiger partial charge in [0.25, 0.3) is 0 Å². The fourth-order valence-corrected chi connectivity index (χ4v) is 1.72. The van der Waals surface area contributed by atoms with Crippen LogP contribution in [0.25, 0.3) is 0 Å². The summed E-state index contributed by atoms with van der Waals surface area (Å²) in [6.07, 6.45) is 0.476. The number of carbonyl (C=O) groups excluding carboxylic acids is 1. The lowest BCUT2D eigenvalue weighted by atomic mass is 9.87. The van der Waals surface area contributed by atoms with Crippen LogP contribution in [-0.2, 0) is 4.79 Å². The normalized spacial score (nSPS) is 13.7. The van der Waals surface area contributed by atoms with Crippen LogP contribution in [0.2, 0.25) is 0 Å². The lowest BCUT2D eigenvalue weighted by Crippen LogP contribution is -2.50. The molecule has 0 heterocycles. The maximum atomic E-state index is 13.1. The molecule has 2 atom stereocenters. The zero-order chi connectivity index (χ0) is 16.0. The van der Waals surface area contributed by atoms with Crippen molar-refractivity contribution >= 4 is 18.3 Å². The lowest BCUT2D eigenvalue weighted by molar-refractivity contribution is -0.124. The molecular weight excluding hydrogens is 307 g/mol. The maximum absolute atomic E-state index is 13.1. The van der Waals surface area contributed by atoms with Crippen LogP contribution in [0, 0.1) is 11.2 Å². The molecule has 1 amide bonds. The minimum absolute atomic E-state index is 0. The fourth-order valence-electron chi connectivity index (χ4n) is 1.72. The van der Waals surface area contributed by atoms with E-state index in [0.717, 1.165) is 0 Å². The van der Waals surface area contributed by atoms with Crippen molar-refractivity contribution in [2.45, 2.75) is 46.3 Å². The summed E-state index contributed by atoms with van der Waals surface area (Å²) in [7, 11) is 0. The number of nitrogens with one attached hydrogen (secondary N) is 1. The minimum atomic E-state index is -0.579. The zero-order valence-corrected chi connectivity index (χ0v) is 14.4. The Kier molecular flexibility index (Phi) is 8.41. The van der Waals surface area contributed by atoms with Crippen molar-refractivity contribution < 1.29 is 13.9 Å². The number of nitrogens with two attached hydrogens (primary N) is 1. The molecule has 1 unspecified atom stereocenters. The van der Waals surface area contributed by atoms with Crippen LogP contribution in [0.5, 0.6) is 5.75 Å². The summed E-state index contributed by atoms with van der Waals surface area (Å²) < 4.78 is 18.8. The van der Waals surface area contributed by atoms with E-state index >= 15 is 0 Å². The van der Waals surface area contributed by atoms with Crippen molar-refractivity contribution in [3.8, 4) is 5.75 Å². The molecule has 0 fully saturated rings. The Morgan fingerprint density at radius 2 is 2.05 bits per heavy atom. The third kappa shape index (κ3) is 6.62. The first-order valence-electron chi connectivity index (χ1n) is 7.19. The van der Waals surface area contributed by atoms with Crippen LogP contribution in [0.15, 0.2) is 24.3 Å². The Morgan fingerprint density at radius 3 is 2.55 bits per heavy atom. The van der Waals surface area contributed by atoms with Crippen molar-refractivity contribution in [3.05, 3.63) is 30.1 Å². The summed E-state index contributed by atoms with van der Waals surface area (Å²) in [5.74, 6) is -0.0962. The monoisotopic (exact) mass is 332 g/mol. The van der Waals surface area contributed by atoms with Gasteiger partial charge < -0.3 is 15.8 Å². The molecule has 0 aliphatic heterocycles. The predicted octanol–water partition coefficient (Wildman–Crippen LogP) is 2.89. The zero-order valence-electron chi connectivity index (χ0n) is 13.6. The number of hydrogen-bond acceptors (Lipinski definition) is 3. The molecule has 0 saturated heterocycles.